The molecule has 1 aromatic heterocycles. The number of fused-ring (bicyclic) bond motifs is 1. The summed E-state index contributed by atoms with van der Waals surface area (Å²) in [5, 5.41) is 2.55. The second kappa shape index (κ2) is 9.25. The molecule has 1 heterocycles. The highest BCUT2D eigenvalue weighted by Gasteiger charge is 2.17. The number of unbranched alkanes of at least 4 members (excludes halogenated alkanes) is 1. The van der Waals surface area contributed by atoms with Gasteiger partial charge in [0.15, 0.2) is 0 Å². The maximum Gasteiger partial charge on any atom is 0.328 e. The van der Waals surface area contributed by atoms with Gasteiger partial charge in [-0.15, -0.1) is 0 Å². The standard InChI is InChI=1S/C21H25FN4O3S/c1-3-4-5-20-24-18-11-8-16(22)14-19(18)26(20)13-12-23-21(27)25-30(28,29)17-9-6-15(2)7-10-17/h6-11,14H,3-5,12-13H2,1-2H3,(H2,23,25,27). The third kappa shape index (κ3) is 5.15. The molecule has 0 aliphatic carbocycles. The first-order chi connectivity index (χ1) is 14.3. The quantitative estimate of drug-likeness (QED) is 0.570. The van der Waals surface area contributed by atoms with Crippen LogP contribution in [0.5, 0.6) is 0 Å². The van der Waals surface area contributed by atoms with E-state index in [0.717, 1.165) is 30.7 Å². The van der Waals surface area contributed by atoms with Gasteiger partial charge in [0, 0.05) is 19.5 Å². The first-order valence-corrected chi connectivity index (χ1v) is 11.3. The number of amides is 2. The maximum atomic E-state index is 13.7. The van der Waals surface area contributed by atoms with E-state index in [1.165, 1.54) is 24.3 Å². The second-order valence-corrected chi connectivity index (χ2v) is 8.77. The van der Waals surface area contributed by atoms with Crippen LogP contribution in [-0.4, -0.2) is 30.5 Å². The minimum atomic E-state index is -3.95. The first kappa shape index (κ1) is 21.8. The lowest BCUT2D eigenvalue weighted by Gasteiger charge is -2.11. The Balaban J connectivity index is 1.66. The zero-order chi connectivity index (χ0) is 21.7. The Morgan fingerprint density at radius 1 is 1.17 bits per heavy atom. The summed E-state index contributed by atoms with van der Waals surface area (Å²) in [5.74, 6) is 0.451. The largest absolute Gasteiger partial charge is 0.336 e. The summed E-state index contributed by atoms with van der Waals surface area (Å²) in [5.41, 5.74) is 2.26. The smallest absolute Gasteiger partial charge is 0.328 e. The third-order valence-electron chi connectivity index (χ3n) is 4.72. The molecule has 0 aliphatic heterocycles. The van der Waals surface area contributed by atoms with E-state index < -0.39 is 16.1 Å². The number of halogens is 1. The van der Waals surface area contributed by atoms with Gasteiger partial charge in [0.2, 0.25) is 0 Å². The molecule has 7 nitrogen and oxygen atoms in total. The van der Waals surface area contributed by atoms with Crippen LogP contribution in [-0.2, 0) is 23.0 Å². The topological polar surface area (TPSA) is 93.1 Å². The summed E-state index contributed by atoms with van der Waals surface area (Å²) in [6, 6.07) is 9.80. The van der Waals surface area contributed by atoms with Crippen molar-refractivity contribution < 1.29 is 17.6 Å². The summed E-state index contributed by atoms with van der Waals surface area (Å²) in [4.78, 5) is 16.7. The molecule has 0 atom stereocenters. The van der Waals surface area contributed by atoms with Gasteiger partial charge in [-0.3, -0.25) is 0 Å². The Bertz CT molecular complexity index is 1140. The van der Waals surface area contributed by atoms with Crippen LogP contribution in [0.4, 0.5) is 9.18 Å². The summed E-state index contributed by atoms with van der Waals surface area (Å²) in [7, 11) is -3.95. The minimum absolute atomic E-state index is 0.0150. The van der Waals surface area contributed by atoms with E-state index >= 15 is 0 Å². The van der Waals surface area contributed by atoms with Crippen molar-refractivity contribution in [2.24, 2.45) is 0 Å². The Kier molecular flexibility index (Phi) is 6.71. The van der Waals surface area contributed by atoms with Gasteiger partial charge in [0.05, 0.1) is 15.9 Å². The van der Waals surface area contributed by atoms with Crippen LogP contribution in [0.3, 0.4) is 0 Å². The molecular formula is C21H25FN4O3S. The number of aromatic nitrogens is 2. The Morgan fingerprint density at radius 3 is 2.60 bits per heavy atom. The number of carbonyl (C=O) groups is 1. The zero-order valence-corrected chi connectivity index (χ0v) is 17.8. The van der Waals surface area contributed by atoms with Gasteiger partial charge in [-0.2, -0.15) is 0 Å². The van der Waals surface area contributed by atoms with Gasteiger partial charge in [0.1, 0.15) is 11.6 Å². The summed E-state index contributed by atoms with van der Waals surface area (Å²) in [6.45, 7) is 4.43. The molecule has 2 N–H and O–H groups in total. The molecule has 0 saturated heterocycles. The molecule has 0 aliphatic rings. The molecule has 2 amide bonds. The van der Waals surface area contributed by atoms with Gasteiger partial charge in [-0.1, -0.05) is 31.0 Å². The van der Waals surface area contributed by atoms with E-state index in [9.17, 15) is 17.6 Å². The van der Waals surface area contributed by atoms with Gasteiger partial charge >= 0.3 is 6.03 Å². The number of aryl methyl sites for hydroxylation is 2. The molecule has 0 bridgehead atoms. The first-order valence-electron chi connectivity index (χ1n) is 9.82. The molecular weight excluding hydrogens is 407 g/mol. The van der Waals surface area contributed by atoms with Gasteiger partial charge in [0.25, 0.3) is 10.0 Å². The normalized spacial score (nSPS) is 11.6. The molecule has 30 heavy (non-hydrogen) atoms. The van der Waals surface area contributed by atoms with Crippen molar-refractivity contribution in [2.75, 3.05) is 6.54 Å². The number of benzene rings is 2. The molecule has 9 heteroatoms. The van der Waals surface area contributed by atoms with Crippen molar-refractivity contribution in [1.29, 1.82) is 0 Å². The van der Waals surface area contributed by atoms with Gasteiger partial charge in [-0.05, 0) is 43.7 Å². The fourth-order valence-corrected chi connectivity index (χ4v) is 4.07. The number of hydrogen-bond donors (Lipinski definition) is 2. The summed E-state index contributed by atoms with van der Waals surface area (Å²) >= 11 is 0. The van der Waals surface area contributed by atoms with Gasteiger partial charge < -0.3 is 9.88 Å². The Hall–Kier alpha value is -2.94. The number of urea groups is 1. The van der Waals surface area contributed by atoms with Crippen LogP contribution in [0.25, 0.3) is 11.0 Å². The van der Waals surface area contributed by atoms with Crippen molar-refractivity contribution in [3.63, 3.8) is 0 Å². The van der Waals surface area contributed by atoms with Crippen LogP contribution in [0.1, 0.15) is 31.2 Å². The predicted octanol–water partition coefficient (Wildman–Crippen LogP) is 3.51. The number of rotatable bonds is 8. The van der Waals surface area contributed by atoms with E-state index in [0.29, 0.717) is 17.6 Å². The SMILES string of the molecule is CCCCc1nc2ccc(F)cc2n1CCNC(=O)NS(=O)(=O)c1ccc(C)cc1. The Morgan fingerprint density at radius 2 is 1.90 bits per heavy atom. The zero-order valence-electron chi connectivity index (χ0n) is 17.0. The molecule has 160 valence electrons. The lowest BCUT2D eigenvalue weighted by atomic mass is 10.2. The molecule has 0 unspecified atom stereocenters. The van der Waals surface area contributed by atoms with E-state index in [-0.39, 0.29) is 17.3 Å². The van der Waals surface area contributed by atoms with E-state index in [4.69, 9.17) is 0 Å². The molecule has 0 radical (unpaired) electrons. The van der Waals surface area contributed by atoms with Crippen LogP contribution >= 0.6 is 0 Å². The van der Waals surface area contributed by atoms with Crippen LogP contribution in [0, 0.1) is 12.7 Å². The fourth-order valence-electron chi connectivity index (χ4n) is 3.14. The van der Waals surface area contributed by atoms with Crippen LogP contribution in [0.2, 0.25) is 0 Å². The molecule has 3 aromatic rings. The third-order valence-corrected chi connectivity index (χ3v) is 6.07. The number of carbonyl (C=O) groups excluding carboxylic acids is 1. The molecule has 3 rings (SSSR count). The van der Waals surface area contributed by atoms with E-state index in [1.807, 2.05) is 16.2 Å². The fraction of sp³-hybridized carbons (Fsp3) is 0.333. The number of hydrogen-bond acceptors (Lipinski definition) is 4. The predicted molar refractivity (Wildman–Crippen MR) is 113 cm³/mol. The lowest BCUT2D eigenvalue weighted by Crippen LogP contribution is -2.40. The monoisotopic (exact) mass is 432 g/mol. The van der Waals surface area contributed by atoms with Crippen molar-refractivity contribution in [1.82, 2.24) is 19.6 Å². The number of nitrogens with zero attached hydrogens (tertiary/aromatic N) is 2. The minimum Gasteiger partial charge on any atom is -0.336 e. The average Bonchev–Trinajstić information content (AvgIpc) is 3.03. The molecule has 0 fully saturated rings. The van der Waals surface area contributed by atoms with Crippen LogP contribution < -0.4 is 10.0 Å². The highest BCUT2D eigenvalue weighted by molar-refractivity contribution is 7.90. The van der Waals surface area contributed by atoms with Crippen molar-refractivity contribution in [3.8, 4) is 0 Å². The highest BCUT2D eigenvalue weighted by Crippen LogP contribution is 2.19. The maximum absolute atomic E-state index is 13.7. The Labute approximate surface area is 175 Å². The summed E-state index contributed by atoms with van der Waals surface area (Å²) in [6.07, 6.45) is 2.67. The number of nitrogens with one attached hydrogen (secondary N) is 2. The highest BCUT2D eigenvalue weighted by atomic mass is 32.2. The lowest BCUT2D eigenvalue weighted by molar-refractivity contribution is 0.245. The van der Waals surface area contributed by atoms with Crippen molar-refractivity contribution in [3.05, 3.63) is 59.7 Å². The molecule has 0 saturated carbocycles. The van der Waals surface area contributed by atoms with Gasteiger partial charge in [-0.25, -0.2) is 27.3 Å². The second-order valence-electron chi connectivity index (χ2n) is 7.09. The van der Waals surface area contributed by atoms with E-state index in [2.05, 4.69) is 17.2 Å². The molecule has 2 aromatic carbocycles. The van der Waals surface area contributed by atoms with Crippen molar-refractivity contribution in [2.45, 2.75) is 44.6 Å². The van der Waals surface area contributed by atoms with Crippen molar-refractivity contribution >= 4 is 27.1 Å². The number of imidazole rings is 1. The molecule has 0 spiro atoms. The average molecular weight is 433 g/mol. The number of sulfonamides is 1. The van der Waals surface area contributed by atoms with E-state index in [1.54, 1.807) is 18.2 Å². The van der Waals surface area contributed by atoms with Crippen LogP contribution in [0.15, 0.2) is 47.4 Å². The summed E-state index contributed by atoms with van der Waals surface area (Å²) < 4.78 is 42.2.